The Labute approximate surface area is 178 Å². The van der Waals surface area contributed by atoms with E-state index in [9.17, 15) is 25.2 Å². The summed E-state index contributed by atoms with van der Waals surface area (Å²) in [5, 5.41) is 43.0. The Balaban J connectivity index is 1.92. The third kappa shape index (κ3) is 4.29. The second-order valence-corrected chi connectivity index (χ2v) is 7.68. The molecule has 1 aliphatic heterocycles. The maximum absolute atomic E-state index is 11.9. The van der Waals surface area contributed by atoms with Gasteiger partial charge in [0.1, 0.15) is 24.1 Å². The summed E-state index contributed by atoms with van der Waals surface area (Å²) in [5.41, 5.74) is -0.0646. The van der Waals surface area contributed by atoms with E-state index in [-0.39, 0.29) is 16.7 Å². The Morgan fingerprint density at radius 1 is 1.23 bits per heavy atom. The zero-order valence-corrected chi connectivity index (χ0v) is 17.2. The first kappa shape index (κ1) is 22.5. The molecule has 30 heavy (non-hydrogen) atoms. The lowest BCUT2D eigenvalue weighted by atomic mass is 9.88. The molecule has 5 atom stereocenters. The van der Waals surface area contributed by atoms with Gasteiger partial charge in [0.05, 0.1) is 11.6 Å². The van der Waals surface area contributed by atoms with Crippen molar-refractivity contribution in [3.63, 3.8) is 0 Å². The van der Waals surface area contributed by atoms with Gasteiger partial charge in [-0.2, -0.15) is 0 Å². The smallest absolute Gasteiger partial charge is 0.251 e. The average Bonchev–Trinajstić information content (AvgIpc) is 2.75. The molecule has 2 aromatic carbocycles. The van der Waals surface area contributed by atoms with E-state index >= 15 is 0 Å². The van der Waals surface area contributed by atoms with Crippen molar-refractivity contribution in [2.45, 2.75) is 37.1 Å². The third-order valence-electron chi connectivity index (χ3n) is 5.11. The second kappa shape index (κ2) is 8.89. The highest BCUT2D eigenvalue weighted by atomic mass is 35.5. The summed E-state index contributed by atoms with van der Waals surface area (Å²) in [7, 11) is 1.55. The van der Waals surface area contributed by atoms with E-state index in [2.05, 4.69) is 5.32 Å². The number of hydrogen-bond acceptors (Lipinski definition) is 7. The van der Waals surface area contributed by atoms with E-state index < -0.39 is 36.8 Å². The Hall–Kier alpha value is -2.20. The number of rotatable bonds is 5. The van der Waals surface area contributed by atoms with Crippen LogP contribution in [0.2, 0.25) is 5.02 Å². The summed E-state index contributed by atoms with van der Waals surface area (Å²) < 4.78 is 11.2. The van der Waals surface area contributed by atoms with Crippen LogP contribution in [0, 0.1) is 0 Å². The topological polar surface area (TPSA) is 128 Å². The van der Waals surface area contributed by atoms with Crippen LogP contribution >= 0.6 is 11.6 Å². The molecule has 0 spiro atoms. The number of carbonyl (C=O) groups excluding carboxylic acids is 1. The van der Waals surface area contributed by atoms with Gasteiger partial charge in [-0.3, -0.25) is 4.79 Å². The lowest BCUT2D eigenvalue weighted by Gasteiger charge is -2.45. The molecule has 5 N–H and O–H groups in total. The molecule has 162 valence electrons. The van der Waals surface area contributed by atoms with Gasteiger partial charge in [0.2, 0.25) is 6.29 Å². The lowest BCUT2D eigenvalue weighted by Crippen LogP contribution is -2.66. The van der Waals surface area contributed by atoms with Gasteiger partial charge in [0.25, 0.3) is 5.91 Å². The molecule has 0 bridgehead atoms. The SMILES string of the molecule is CNC(=O)c1cccc(-c2ccc(Cl)c(OC3O[C@H](CO)[C@@H](O)[C@H](O)[C@]3(C)O)c2)c1. The summed E-state index contributed by atoms with van der Waals surface area (Å²) in [6, 6.07) is 11.9. The quantitative estimate of drug-likeness (QED) is 0.470. The van der Waals surface area contributed by atoms with E-state index in [1.807, 2.05) is 6.07 Å². The first-order valence-electron chi connectivity index (χ1n) is 9.32. The van der Waals surface area contributed by atoms with E-state index in [1.54, 1.807) is 43.4 Å². The van der Waals surface area contributed by atoms with Crippen molar-refractivity contribution in [1.82, 2.24) is 5.32 Å². The summed E-state index contributed by atoms with van der Waals surface area (Å²) in [5.74, 6) is -0.0680. The van der Waals surface area contributed by atoms with Crippen LogP contribution in [0.25, 0.3) is 11.1 Å². The van der Waals surface area contributed by atoms with Gasteiger partial charge in [0.15, 0.2) is 5.60 Å². The van der Waals surface area contributed by atoms with Gasteiger partial charge in [-0.25, -0.2) is 0 Å². The monoisotopic (exact) mass is 437 g/mol. The van der Waals surface area contributed by atoms with Crippen LogP contribution in [0.5, 0.6) is 5.75 Å². The number of halogens is 1. The Morgan fingerprint density at radius 2 is 1.93 bits per heavy atom. The van der Waals surface area contributed by atoms with Gasteiger partial charge >= 0.3 is 0 Å². The van der Waals surface area contributed by atoms with E-state index in [1.165, 1.54) is 6.92 Å². The largest absolute Gasteiger partial charge is 0.460 e. The molecule has 8 nitrogen and oxygen atoms in total. The Kier molecular flexibility index (Phi) is 6.66. The molecule has 9 heteroatoms. The molecular formula is C21H24ClNO7. The lowest BCUT2D eigenvalue weighted by molar-refractivity contribution is -0.314. The molecule has 1 amide bonds. The molecule has 0 aliphatic carbocycles. The normalized spacial score (nSPS) is 28.8. The second-order valence-electron chi connectivity index (χ2n) is 7.27. The van der Waals surface area contributed by atoms with Crippen molar-refractivity contribution in [3.8, 4) is 16.9 Å². The van der Waals surface area contributed by atoms with E-state index in [0.29, 0.717) is 11.1 Å². The number of hydrogen-bond donors (Lipinski definition) is 5. The number of nitrogens with one attached hydrogen (secondary N) is 1. The number of aliphatic hydroxyl groups is 4. The van der Waals surface area contributed by atoms with Crippen molar-refractivity contribution in [3.05, 3.63) is 53.1 Å². The molecule has 0 saturated carbocycles. The molecule has 1 heterocycles. The van der Waals surface area contributed by atoms with Gasteiger partial charge in [-0.1, -0.05) is 29.8 Å². The molecule has 2 aromatic rings. The fourth-order valence-electron chi connectivity index (χ4n) is 3.24. The maximum atomic E-state index is 11.9. The maximum Gasteiger partial charge on any atom is 0.251 e. The number of aliphatic hydroxyl groups excluding tert-OH is 3. The van der Waals surface area contributed by atoms with Gasteiger partial charge < -0.3 is 35.2 Å². The molecule has 3 rings (SSSR count). The van der Waals surface area contributed by atoms with Crippen LogP contribution in [-0.4, -0.2) is 70.2 Å². The minimum absolute atomic E-state index is 0.157. The highest BCUT2D eigenvalue weighted by Crippen LogP contribution is 2.36. The van der Waals surface area contributed by atoms with Crippen LogP contribution < -0.4 is 10.1 Å². The van der Waals surface area contributed by atoms with Gasteiger partial charge in [-0.05, 0) is 42.3 Å². The minimum Gasteiger partial charge on any atom is -0.460 e. The van der Waals surface area contributed by atoms with Crippen LogP contribution in [0.1, 0.15) is 17.3 Å². The van der Waals surface area contributed by atoms with Crippen molar-refractivity contribution >= 4 is 17.5 Å². The first-order chi connectivity index (χ1) is 14.2. The Bertz CT molecular complexity index is 920. The van der Waals surface area contributed by atoms with Crippen molar-refractivity contribution in [2.75, 3.05) is 13.7 Å². The summed E-state index contributed by atoms with van der Waals surface area (Å²) in [4.78, 5) is 11.9. The van der Waals surface area contributed by atoms with Crippen LogP contribution in [-0.2, 0) is 4.74 Å². The first-order valence-corrected chi connectivity index (χ1v) is 9.70. The molecule has 0 aromatic heterocycles. The zero-order chi connectivity index (χ0) is 22.1. The number of amides is 1. The van der Waals surface area contributed by atoms with Gasteiger partial charge in [-0.15, -0.1) is 0 Å². The molecule has 0 radical (unpaired) electrons. The standard InChI is InChI=1S/C21H24ClNO7/c1-21(28)18(26)17(25)16(10-24)30-20(21)29-15-9-12(6-7-14(15)22)11-4-3-5-13(8-11)19(27)23-2/h3-9,16-18,20,24-26,28H,10H2,1-2H3,(H,23,27)/t16-,17-,18+,20?,21+/m1/s1. The molecular weight excluding hydrogens is 414 g/mol. The number of benzene rings is 2. The fraction of sp³-hybridized carbons (Fsp3) is 0.381. The summed E-state index contributed by atoms with van der Waals surface area (Å²) >= 11 is 6.25. The highest BCUT2D eigenvalue weighted by molar-refractivity contribution is 6.32. The minimum atomic E-state index is -1.97. The van der Waals surface area contributed by atoms with Crippen LogP contribution in [0.3, 0.4) is 0 Å². The molecule has 1 aliphatic rings. The zero-order valence-electron chi connectivity index (χ0n) is 16.4. The van der Waals surface area contributed by atoms with Crippen molar-refractivity contribution in [1.29, 1.82) is 0 Å². The summed E-state index contributed by atoms with van der Waals surface area (Å²) in [6.07, 6.45) is -5.65. The van der Waals surface area contributed by atoms with E-state index in [4.69, 9.17) is 21.1 Å². The predicted molar refractivity (Wildman–Crippen MR) is 109 cm³/mol. The molecule has 1 saturated heterocycles. The van der Waals surface area contributed by atoms with E-state index in [0.717, 1.165) is 5.56 Å². The highest BCUT2D eigenvalue weighted by Gasteiger charge is 2.53. The van der Waals surface area contributed by atoms with Gasteiger partial charge in [0, 0.05) is 12.6 Å². The number of carbonyl (C=O) groups is 1. The third-order valence-corrected chi connectivity index (χ3v) is 5.42. The number of ether oxygens (including phenoxy) is 2. The molecule has 1 unspecified atom stereocenters. The van der Waals surface area contributed by atoms with Crippen molar-refractivity contribution in [2.24, 2.45) is 0 Å². The predicted octanol–water partition coefficient (Wildman–Crippen LogP) is 0.935. The Morgan fingerprint density at radius 3 is 2.60 bits per heavy atom. The van der Waals surface area contributed by atoms with Crippen LogP contribution in [0.15, 0.2) is 42.5 Å². The molecule has 1 fully saturated rings. The van der Waals surface area contributed by atoms with Crippen molar-refractivity contribution < 1.29 is 34.7 Å². The summed E-state index contributed by atoms with van der Waals surface area (Å²) in [6.45, 7) is 0.679. The fourth-order valence-corrected chi connectivity index (χ4v) is 3.40. The average molecular weight is 438 g/mol. The van der Waals surface area contributed by atoms with Crippen LogP contribution in [0.4, 0.5) is 0 Å².